The molecule has 0 aromatic heterocycles. The Labute approximate surface area is 304 Å². The number of benzene rings is 5. The Morgan fingerprint density at radius 3 is 2.31 bits per heavy atom. The fraction of sp³-hybridized carbons (Fsp3) is 0.102. The quantitative estimate of drug-likeness (QED) is 0.175. The second kappa shape index (κ2) is 11.9. The van der Waals surface area contributed by atoms with Crippen LogP contribution >= 0.6 is 11.8 Å². The highest BCUT2D eigenvalue weighted by atomic mass is 32.2. The van der Waals surface area contributed by atoms with E-state index in [1.807, 2.05) is 0 Å². The lowest BCUT2D eigenvalue weighted by Crippen LogP contribution is -2.29. The maximum Gasteiger partial charge on any atom is 0.0692 e. The fourth-order valence-corrected chi connectivity index (χ4v) is 10.1. The van der Waals surface area contributed by atoms with Crippen LogP contribution in [0.4, 0.5) is 17.1 Å². The van der Waals surface area contributed by atoms with Gasteiger partial charge in [-0.1, -0.05) is 139 Å². The summed E-state index contributed by atoms with van der Waals surface area (Å²) in [6, 6.07) is 42.6. The molecule has 5 aromatic rings. The number of anilines is 3. The van der Waals surface area contributed by atoms with Gasteiger partial charge in [0.1, 0.15) is 0 Å². The van der Waals surface area contributed by atoms with Crippen LogP contribution in [0.25, 0.3) is 27.8 Å². The second-order valence-corrected chi connectivity index (χ2v) is 14.7. The second-order valence-electron chi connectivity index (χ2n) is 13.8. The summed E-state index contributed by atoms with van der Waals surface area (Å²) in [5.74, 6) is 0. The zero-order valence-corrected chi connectivity index (χ0v) is 29.1. The predicted octanol–water partition coefficient (Wildman–Crippen LogP) is 13.3. The van der Waals surface area contributed by atoms with Crippen LogP contribution in [-0.2, 0) is 5.41 Å². The van der Waals surface area contributed by atoms with E-state index in [2.05, 4.69) is 174 Å². The van der Waals surface area contributed by atoms with Crippen molar-refractivity contribution in [3.8, 4) is 22.3 Å². The van der Waals surface area contributed by atoms with E-state index in [0.717, 1.165) is 41.0 Å². The third-order valence-electron chi connectivity index (χ3n) is 11.2. The van der Waals surface area contributed by atoms with Gasteiger partial charge in [0.15, 0.2) is 0 Å². The fourth-order valence-electron chi connectivity index (χ4n) is 9.17. The number of hydrogen-bond donors (Lipinski definition) is 0. The van der Waals surface area contributed by atoms with Crippen molar-refractivity contribution < 1.29 is 0 Å². The zero-order valence-electron chi connectivity index (χ0n) is 28.3. The molecule has 0 radical (unpaired) electrons. The minimum Gasteiger partial charge on any atom is -0.309 e. The van der Waals surface area contributed by atoms with Crippen LogP contribution in [0.3, 0.4) is 0 Å². The summed E-state index contributed by atoms with van der Waals surface area (Å²) in [4.78, 5) is 3.69. The summed E-state index contributed by atoms with van der Waals surface area (Å²) in [5.41, 5.74) is 25.6. The Morgan fingerprint density at radius 2 is 1.39 bits per heavy atom. The summed E-state index contributed by atoms with van der Waals surface area (Å²) in [6.07, 6.45) is 15.4. The molecule has 1 aliphatic heterocycles. The van der Waals surface area contributed by atoms with Crippen LogP contribution in [-0.4, -0.2) is 0 Å². The molecule has 1 spiro atoms. The van der Waals surface area contributed by atoms with Gasteiger partial charge in [0.25, 0.3) is 0 Å². The van der Waals surface area contributed by atoms with Gasteiger partial charge in [-0.3, -0.25) is 0 Å². The molecule has 4 aliphatic carbocycles. The lowest BCUT2D eigenvalue weighted by atomic mass is 9.66. The number of thioether (sulfide) groups is 1. The largest absolute Gasteiger partial charge is 0.309 e. The molecule has 5 aromatic carbocycles. The van der Waals surface area contributed by atoms with Gasteiger partial charge in [0, 0.05) is 16.1 Å². The molecule has 0 N–H and O–H groups in total. The summed E-state index contributed by atoms with van der Waals surface area (Å²) in [5, 5.41) is 2.18. The number of allylic oxidation sites excluding steroid dienone is 10. The van der Waals surface area contributed by atoms with Crippen molar-refractivity contribution >= 4 is 34.4 Å². The third kappa shape index (κ3) is 4.45. The van der Waals surface area contributed by atoms with Crippen LogP contribution in [0.1, 0.15) is 42.4 Å². The van der Waals surface area contributed by atoms with E-state index in [9.17, 15) is 0 Å². The van der Waals surface area contributed by atoms with Crippen molar-refractivity contribution in [3.63, 3.8) is 0 Å². The Morgan fingerprint density at radius 1 is 0.647 bits per heavy atom. The predicted molar refractivity (Wildman–Crippen MR) is 215 cm³/mol. The lowest BCUT2D eigenvalue weighted by molar-refractivity contribution is 0.617. The highest BCUT2D eigenvalue weighted by Gasteiger charge is 2.53. The van der Waals surface area contributed by atoms with Gasteiger partial charge in [-0.05, 0) is 129 Å². The molecule has 242 valence electrons. The molecule has 51 heavy (non-hydrogen) atoms. The first-order chi connectivity index (χ1) is 25.2. The summed E-state index contributed by atoms with van der Waals surface area (Å²) in [6.45, 7) is 4.48. The van der Waals surface area contributed by atoms with Crippen LogP contribution < -0.4 is 4.90 Å². The molecule has 10 rings (SSSR count). The van der Waals surface area contributed by atoms with Crippen LogP contribution in [0.2, 0.25) is 0 Å². The van der Waals surface area contributed by atoms with E-state index in [0.29, 0.717) is 0 Å². The highest BCUT2D eigenvalue weighted by molar-refractivity contribution is 8.02. The van der Waals surface area contributed by atoms with Crippen molar-refractivity contribution in [2.45, 2.75) is 36.0 Å². The number of nitrogens with zero attached hydrogens (tertiary/aromatic N) is 1. The van der Waals surface area contributed by atoms with Gasteiger partial charge in [-0.25, -0.2) is 0 Å². The van der Waals surface area contributed by atoms with E-state index < -0.39 is 0 Å². The van der Waals surface area contributed by atoms with Gasteiger partial charge in [0.2, 0.25) is 0 Å². The Balaban J connectivity index is 1.27. The monoisotopic (exact) mass is 669 g/mol. The molecule has 1 unspecified atom stereocenters. The molecule has 0 bridgehead atoms. The van der Waals surface area contributed by atoms with Crippen LogP contribution in [0, 0.1) is 0 Å². The van der Waals surface area contributed by atoms with E-state index in [1.165, 1.54) is 67.8 Å². The molecule has 2 heteroatoms. The van der Waals surface area contributed by atoms with Crippen LogP contribution in [0.15, 0.2) is 196 Å². The van der Waals surface area contributed by atoms with E-state index in [-0.39, 0.29) is 5.41 Å². The highest BCUT2D eigenvalue weighted by Crippen LogP contribution is 2.65. The van der Waals surface area contributed by atoms with Crippen molar-refractivity contribution in [3.05, 3.63) is 208 Å². The summed E-state index contributed by atoms with van der Waals surface area (Å²) < 4.78 is 0. The van der Waals surface area contributed by atoms with E-state index in [4.69, 9.17) is 0 Å². The van der Waals surface area contributed by atoms with Gasteiger partial charge in [-0.2, -0.15) is 0 Å². The molecule has 0 saturated heterocycles. The van der Waals surface area contributed by atoms with Gasteiger partial charge in [0.05, 0.1) is 16.8 Å². The molecule has 1 nitrogen and oxygen atoms in total. The first-order valence-corrected chi connectivity index (χ1v) is 18.8. The van der Waals surface area contributed by atoms with Gasteiger partial charge in [-0.15, -0.1) is 0 Å². The van der Waals surface area contributed by atoms with E-state index >= 15 is 0 Å². The Hall–Kier alpha value is -5.75. The molecule has 0 saturated carbocycles. The average Bonchev–Trinajstić information content (AvgIpc) is 3.65. The summed E-state index contributed by atoms with van der Waals surface area (Å²) in [7, 11) is 0. The number of para-hydroxylation sites is 1. The zero-order chi connectivity index (χ0) is 33.9. The average molecular weight is 670 g/mol. The number of fused-ring (bicyclic) bond motifs is 9. The number of hydrogen-bond acceptors (Lipinski definition) is 2. The smallest absolute Gasteiger partial charge is 0.0692 e. The molecular weight excluding hydrogens is 635 g/mol. The maximum atomic E-state index is 4.48. The van der Waals surface area contributed by atoms with Gasteiger partial charge >= 0.3 is 0 Å². The van der Waals surface area contributed by atoms with Gasteiger partial charge < -0.3 is 4.90 Å². The van der Waals surface area contributed by atoms with Crippen molar-refractivity contribution in [1.82, 2.24) is 0 Å². The molecule has 0 amide bonds. The molecule has 1 atom stereocenters. The van der Waals surface area contributed by atoms with Crippen LogP contribution in [0.5, 0.6) is 0 Å². The molecule has 1 heterocycles. The van der Waals surface area contributed by atoms with E-state index in [1.54, 1.807) is 17.3 Å². The Kier molecular flexibility index (Phi) is 7.05. The third-order valence-corrected chi connectivity index (χ3v) is 12.2. The SMILES string of the molecule is C=C1/C=C\C=C/Sc2c1cccc2N(c1ccc2c(c1)C1(C3=C(C=C=C=C3)C3=C1CCCC3)c1ccccc1-2)c1ccccc1-c1ccccc1. The minimum atomic E-state index is -0.342. The lowest BCUT2D eigenvalue weighted by Gasteiger charge is -2.36. The van der Waals surface area contributed by atoms with Crippen molar-refractivity contribution in [2.24, 2.45) is 0 Å². The number of rotatable bonds is 4. The Bertz CT molecular complexity index is 2540. The minimum absolute atomic E-state index is 0.342. The summed E-state index contributed by atoms with van der Waals surface area (Å²) >= 11 is 1.76. The molecular formula is C49H35NS. The first-order valence-electron chi connectivity index (χ1n) is 17.9. The normalized spacial score (nSPS) is 20.4. The van der Waals surface area contributed by atoms with Crippen molar-refractivity contribution in [2.75, 3.05) is 4.90 Å². The molecule has 5 aliphatic rings. The topological polar surface area (TPSA) is 3.24 Å². The first kappa shape index (κ1) is 30.1. The standard InChI is InChI=1S/C49H35NS/c1-33-16-13-14-31-51-48-36(33)23-15-28-47(48)50(46-27-12-8-19-37(46)34-17-3-2-4-18-34)35-29-30-41-40-22-7-11-26-44(40)49(45(41)32-35)42-24-9-5-20-38(42)39-21-6-10-25-43(39)49/h2-4,7-8,11-19,21-23,25-32H,1,5,9,20,24H2/b16-13-,31-14-. The molecule has 0 fully saturated rings. The maximum absolute atomic E-state index is 4.48. The van der Waals surface area contributed by atoms with Crippen molar-refractivity contribution in [1.29, 1.82) is 0 Å².